The molecule has 0 saturated carbocycles. The fourth-order valence-corrected chi connectivity index (χ4v) is 3.08. The predicted molar refractivity (Wildman–Crippen MR) is 104 cm³/mol. The Balaban J connectivity index is 1.84. The van der Waals surface area contributed by atoms with Gasteiger partial charge in [0.15, 0.2) is 5.82 Å². The Bertz CT molecular complexity index is 1010. The molecule has 2 aromatic carbocycles. The first kappa shape index (κ1) is 20.0. The monoisotopic (exact) mass is 405 g/mol. The lowest BCUT2D eigenvalue weighted by molar-refractivity contribution is 0.277. The minimum atomic E-state index is -0.918. The lowest BCUT2D eigenvalue weighted by atomic mass is 9.96. The molecule has 0 radical (unpaired) electrons. The third kappa shape index (κ3) is 4.37. The molecular formula is C20H18ClF2N3O2. The molecule has 1 atom stereocenters. The van der Waals surface area contributed by atoms with Crippen molar-refractivity contribution in [1.29, 1.82) is 0 Å². The fourth-order valence-electron chi connectivity index (χ4n) is 2.88. The van der Waals surface area contributed by atoms with E-state index >= 15 is 0 Å². The summed E-state index contributed by atoms with van der Waals surface area (Å²) in [6.45, 7) is 0.430. The second kappa shape index (κ2) is 8.95. The molecule has 0 amide bonds. The van der Waals surface area contributed by atoms with Gasteiger partial charge in [-0.2, -0.15) is 9.78 Å². The molecule has 3 rings (SSSR count). The number of benzene rings is 2. The number of aliphatic hydroxyl groups excluding tert-OH is 1. The Kier molecular flexibility index (Phi) is 6.38. The second-order valence-corrected chi connectivity index (χ2v) is 6.56. The summed E-state index contributed by atoms with van der Waals surface area (Å²) < 4.78 is 27.8. The number of hydrogen-bond acceptors (Lipinski definition) is 4. The van der Waals surface area contributed by atoms with E-state index in [0.717, 1.165) is 22.4 Å². The maximum atomic E-state index is 14.0. The number of rotatable bonds is 7. The highest BCUT2D eigenvalue weighted by Crippen LogP contribution is 2.23. The lowest BCUT2D eigenvalue weighted by Gasteiger charge is -2.18. The van der Waals surface area contributed by atoms with Crippen LogP contribution in [0.25, 0.3) is 5.69 Å². The third-order valence-corrected chi connectivity index (χ3v) is 4.71. The van der Waals surface area contributed by atoms with Crippen molar-refractivity contribution in [3.63, 3.8) is 0 Å². The lowest BCUT2D eigenvalue weighted by Crippen LogP contribution is -2.24. The minimum Gasteiger partial charge on any atom is -0.396 e. The average Bonchev–Trinajstić information content (AvgIpc) is 2.69. The Morgan fingerprint density at radius 3 is 2.61 bits per heavy atom. The van der Waals surface area contributed by atoms with Gasteiger partial charge < -0.3 is 10.4 Å². The van der Waals surface area contributed by atoms with Crippen LogP contribution in [0.3, 0.4) is 0 Å². The maximum Gasteiger partial charge on any atom is 0.292 e. The average molecular weight is 406 g/mol. The van der Waals surface area contributed by atoms with E-state index in [2.05, 4.69) is 10.4 Å². The van der Waals surface area contributed by atoms with Crippen LogP contribution in [0.4, 0.5) is 14.5 Å². The van der Waals surface area contributed by atoms with Crippen molar-refractivity contribution < 1.29 is 13.9 Å². The molecule has 1 unspecified atom stereocenters. The van der Waals surface area contributed by atoms with Gasteiger partial charge in [-0.3, -0.25) is 4.79 Å². The van der Waals surface area contributed by atoms with Crippen molar-refractivity contribution >= 4 is 17.3 Å². The van der Waals surface area contributed by atoms with Crippen LogP contribution < -0.4 is 10.9 Å². The van der Waals surface area contributed by atoms with Crippen molar-refractivity contribution in [1.82, 2.24) is 9.78 Å². The summed E-state index contributed by atoms with van der Waals surface area (Å²) in [5.41, 5.74) is 0.414. The number of aliphatic hydroxyl groups is 1. The van der Waals surface area contributed by atoms with Gasteiger partial charge in [0.25, 0.3) is 5.56 Å². The Labute approximate surface area is 165 Å². The van der Waals surface area contributed by atoms with Gasteiger partial charge in [0.05, 0.1) is 11.9 Å². The van der Waals surface area contributed by atoms with Crippen molar-refractivity contribution in [3.05, 3.63) is 87.3 Å². The number of aromatic nitrogens is 2. The first-order chi connectivity index (χ1) is 13.5. The number of hydrogen-bond donors (Lipinski definition) is 2. The van der Waals surface area contributed by atoms with Crippen LogP contribution in [0.2, 0.25) is 5.02 Å². The van der Waals surface area contributed by atoms with E-state index in [1.165, 1.54) is 6.20 Å². The Morgan fingerprint density at radius 1 is 1.18 bits per heavy atom. The van der Waals surface area contributed by atoms with Gasteiger partial charge in [0.1, 0.15) is 16.5 Å². The van der Waals surface area contributed by atoms with Gasteiger partial charge in [0, 0.05) is 25.1 Å². The molecule has 0 spiro atoms. The highest BCUT2D eigenvalue weighted by molar-refractivity contribution is 6.32. The molecule has 1 aromatic heterocycles. The highest BCUT2D eigenvalue weighted by Gasteiger charge is 2.16. The molecule has 146 valence electrons. The first-order valence-electron chi connectivity index (χ1n) is 8.64. The number of anilines is 1. The molecule has 1 heterocycles. The molecule has 0 bridgehead atoms. The molecule has 3 aromatic rings. The number of nitrogens with zero attached hydrogens (tertiary/aromatic N) is 2. The van der Waals surface area contributed by atoms with Gasteiger partial charge >= 0.3 is 0 Å². The summed E-state index contributed by atoms with van der Waals surface area (Å²) in [4.78, 5) is 12.5. The van der Waals surface area contributed by atoms with Crippen LogP contribution in [0.15, 0.2) is 59.5 Å². The van der Waals surface area contributed by atoms with Crippen molar-refractivity contribution in [2.75, 3.05) is 18.5 Å². The minimum absolute atomic E-state index is 0.000703. The molecule has 0 saturated heterocycles. The summed E-state index contributed by atoms with van der Waals surface area (Å²) in [6.07, 6.45) is 1.84. The van der Waals surface area contributed by atoms with E-state index < -0.39 is 17.2 Å². The summed E-state index contributed by atoms with van der Waals surface area (Å²) in [6, 6.07) is 12.5. The number of nitrogens with one attached hydrogen (secondary N) is 1. The van der Waals surface area contributed by atoms with Crippen LogP contribution in [-0.2, 0) is 0 Å². The molecule has 8 heteroatoms. The standard InChI is InChI=1S/C20H18ClF2N3O2/c21-19-17(24-11-14(8-9-27)13-4-2-1-3-5-13)12-25-26(20(19)28)18-7-6-15(22)10-16(18)23/h1-7,10,12,14,24,27H,8-9,11H2. The molecule has 2 N–H and O–H groups in total. The van der Waals surface area contributed by atoms with Gasteiger partial charge in [0.2, 0.25) is 0 Å². The quantitative estimate of drug-likeness (QED) is 0.628. The zero-order valence-electron chi connectivity index (χ0n) is 14.8. The third-order valence-electron chi connectivity index (χ3n) is 4.34. The Hall–Kier alpha value is -2.77. The van der Waals surface area contributed by atoms with Gasteiger partial charge in [-0.15, -0.1) is 0 Å². The van der Waals surface area contributed by atoms with E-state index in [1.807, 2.05) is 30.3 Å². The van der Waals surface area contributed by atoms with Gasteiger partial charge in [-0.25, -0.2) is 8.78 Å². The first-order valence-corrected chi connectivity index (χ1v) is 9.02. The van der Waals surface area contributed by atoms with Crippen molar-refractivity contribution in [2.45, 2.75) is 12.3 Å². The summed E-state index contributed by atoms with van der Waals surface area (Å²) in [7, 11) is 0. The molecule has 28 heavy (non-hydrogen) atoms. The fraction of sp³-hybridized carbons (Fsp3) is 0.200. The summed E-state index contributed by atoms with van der Waals surface area (Å²) in [5.74, 6) is -1.67. The molecule has 0 aliphatic heterocycles. The molecule has 5 nitrogen and oxygen atoms in total. The van der Waals surface area contributed by atoms with Crippen LogP contribution in [0.1, 0.15) is 17.9 Å². The van der Waals surface area contributed by atoms with Crippen LogP contribution >= 0.6 is 11.6 Å². The predicted octanol–water partition coefficient (Wildman–Crippen LogP) is 3.74. The van der Waals surface area contributed by atoms with E-state index in [9.17, 15) is 18.7 Å². The summed E-state index contributed by atoms with van der Waals surface area (Å²) in [5, 5.41) is 16.2. The topological polar surface area (TPSA) is 67.2 Å². The highest BCUT2D eigenvalue weighted by atomic mass is 35.5. The number of halogens is 3. The van der Waals surface area contributed by atoms with Gasteiger partial charge in [-0.1, -0.05) is 41.9 Å². The van der Waals surface area contributed by atoms with E-state index in [4.69, 9.17) is 11.6 Å². The summed E-state index contributed by atoms with van der Waals surface area (Å²) >= 11 is 6.16. The molecule has 0 fully saturated rings. The largest absolute Gasteiger partial charge is 0.396 e. The van der Waals surface area contributed by atoms with Crippen LogP contribution in [-0.4, -0.2) is 28.0 Å². The van der Waals surface area contributed by atoms with E-state index in [-0.39, 0.29) is 23.2 Å². The van der Waals surface area contributed by atoms with Crippen molar-refractivity contribution in [3.8, 4) is 5.69 Å². The SMILES string of the molecule is O=c1c(Cl)c(NCC(CCO)c2ccccc2)cnn1-c1ccc(F)cc1F. The van der Waals surface area contributed by atoms with Crippen LogP contribution in [0, 0.1) is 11.6 Å². The normalized spacial score (nSPS) is 12.0. The molecule has 0 aliphatic carbocycles. The van der Waals surface area contributed by atoms with E-state index in [0.29, 0.717) is 24.7 Å². The zero-order chi connectivity index (χ0) is 20.1. The maximum absolute atomic E-state index is 14.0. The second-order valence-electron chi connectivity index (χ2n) is 6.19. The van der Waals surface area contributed by atoms with Gasteiger partial charge in [-0.05, 0) is 24.1 Å². The Morgan fingerprint density at radius 2 is 1.93 bits per heavy atom. The molecule has 0 aliphatic rings. The van der Waals surface area contributed by atoms with E-state index in [1.54, 1.807) is 0 Å². The van der Waals surface area contributed by atoms with Crippen LogP contribution in [0.5, 0.6) is 0 Å². The smallest absolute Gasteiger partial charge is 0.292 e. The van der Waals surface area contributed by atoms with Crippen molar-refractivity contribution in [2.24, 2.45) is 0 Å². The zero-order valence-corrected chi connectivity index (χ0v) is 15.5. The molecular weight excluding hydrogens is 388 g/mol.